The SMILES string of the molecule is CNC(CN1CC(C)CC(C)C1)c1ccc(C)cc1. The maximum Gasteiger partial charge on any atom is 0.0446 e. The maximum atomic E-state index is 3.47. The average Bonchev–Trinajstić information content (AvgIpc) is 2.36. The van der Waals surface area contributed by atoms with Gasteiger partial charge >= 0.3 is 0 Å². The van der Waals surface area contributed by atoms with E-state index >= 15 is 0 Å². The predicted molar refractivity (Wildman–Crippen MR) is 82.4 cm³/mol. The van der Waals surface area contributed by atoms with Gasteiger partial charge in [0.05, 0.1) is 0 Å². The molecule has 1 N–H and O–H groups in total. The molecular formula is C17H28N2. The van der Waals surface area contributed by atoms with E-state index in [1.807, 2.05) is 0 Å². The zero-order valence-electron chi connectivity index (χ0n) is 12.8. The van der Waals surface area contributed by atoms with Crippen molar-refractivity contribution in [2.45, 2.75) is 33.2 Å². The lowest BCUT2D eigenvalue weighted by Crippen LogP contribution is -2.42. The van der Waals surface area contributed by atoms with Crippen LogP contribution in [0.25, 0.3) is 0 Å². The molecule has 2 nitrogen and oxygen atoms in total. The van der Waals surface area contributed by atoms with Gasteiger partial charge in [-0.05, 0) is 37.8 Å². The second-order valence-electron chi connectivity index (χ2n) is 6.42. The first-order chi connectivity index (χ1) is 9.08. The van der Waals surface area contributed by atoms with Crippen molar-refractivity contribution in [2.24, 2.45) is 11.8 Å². The van der Waals surface area contributed by atoms with E-state index in [9.17, 15) is 0 Å². The number of nitrogens with zero attached hydrogens (tertiary/aromatic N) is 1. The second-order valence-corrected chi connectivity index (χ2v) is 6.42. The minimum atomic E-state index is 0.443. The largest absolute Gasteiger partial charge is 0.312 e. The van der Waals surface area contributed by atoms with Crippen LogP contribution in [0.3, 0.4) is 0 Å². The number of hydrogen-bond acceptors (Lipinski definition) is 2. The monoisotopic (exact) mass is 260 g/mol. The molecule has 1 heterocycles. The third kappa shape index (κ3) is 4.05. The molecule has 1 saturated heterocycles. The number of likely N-dealkylation sites (N-methyl/N-ethyl adjacent to an activating group) is 1. The van der Waals surface area contributed by atoms with E-state index in [0.717, 1.165) is 18.4 Å². The minimum Gasteiger partial charge on any atom is -0.312 e. The molecule has 1 fully saturated rings. The number of aryl methyl sites for hydroxylation is 1. The van der Waals surface area contributed by atoms with E-state index in [0.29, 0.717) is 6.04 Å². The molecule has 1 aromatic carbocycles. The summed E-state index contributed by atoms with van der Waals surface area (Å²) in [7, 11) is 2.07. The van der Waals surface area contributed by atoms with Crippen LogP contribution in [0.1, 0.15) is 37.4 Å². The van der Waals surface area contributed by atoms with Crippen molar-refractivity contribution in [1.82, 2.24) is 10.2 Å². The van der Waals surface area contributed by atoms with Crippen molar-refractivity contribution in [1.29, 1.82) is 0 Å². The number of benzene rings is 1. The molecule has 1 aliphatic rings. The highest BCUT2D eigenvalue weighted by atomic mass is 15.2. The molecule has 0 bridgehead atoms. The first-order valence-electron chi connectivity index (χ1n) is 7.54. The van der Waals surface area contributed by atoms with Gasteiger partial charge in [-0.15, -0.1) is 0 Å². The predicted octanol–water partition coefficient (Wildman–Crippen LogP) is 3.23. The molecule has 3 unspecified atom stereocenters. The fraction of sp³-hybridized carbons (Fsp3) is 0.647. The molecular weight excluding hydrogens is 232 g/mol. The van der Waals surface area contributed by atoms with Gasteiger partial charge in [0, 0.05) is 25.7 Å². The van der Waals surface area contributed by atoms with Gasteiger partial charge in [-0.1, -0.05) is 43.7 Å². The van der Waals surface area contributed by atoms with Crippen molar-refractivity contribution in [3.8, 4) is 0 Å². The van der Waals surface area contributed by atoms with E-state index in [4.69, 9.17) is 0 Å². The Bertz CT molecular complexity index is 375. The van der Waals surface area contributed by atoms with Gasteiger partial charge in [-0.2, -0.15) is 0 Å². The standard InChI is InChI=1S/C17H28N2/c1-13-5-7-16(8-6-13)17(18-4)12-19-10-14(2)9-15(3)11-19/h5-8,14-15,17-18H,9-12H2,1-4H3. The van der Waals surface area contributed by atoms with Gasteiger partial charge in [0.25, 0.3) is 0 Å². The van der Waals surface area contributed by atoms with E-state index in [2.05, 4.69) is 62.3 Å². The molecule has 19 heavy (non-hydrogen) atoms. The Kier molecular flexibility index (Phi) is 5.00. The van der Waals surface area contributed by atoms with Crippen LogP contribution in [-0.2, 0) is 0 Å². The second kappa shape index (κ2) is 6.53. The van der Waals surface area contributed by atoms with Crippen molar-refractivity contribution < 1.29 is 0 Å². The quantitative estimate of drug-likeness (QED) is 0.894. The van der Waals surface area contributed by atoms with Gasteiger partial charge in [-0.25, -0.2) is 0 Å². The number of likely N-dealkylation sites (tertiary alicyclic amines) is 1. The number of rotatable bonds is 4. The Morgan fingerprint density at radius 2 is 1.74 bits per heavy atom. The fourth-order valence-corrected chi connectivity index (χ4v) is 3.36. The molecule has 106 valence electrons. The third-order valence-electron chi connectivity index (χ3n) is 4.21. The summed E-state index contributed by atoms with van der Waals surface area (Å²) in [5.74, 6) is 1.67. The van der Waals surface area contributed by atoms with Gasteiger partial charge in [0.2, 0.25) is 0 Å². The van der Waals surface area contributed by atoms with Crippen LogP contribution in [-0.4, -0.2) is 31.6 Å². The summed E-state index contributed by atoms with van der Waals surface area (Å²) >= 11 is 0. The molecule has 3 atom stereocenters. The fourth-order valence-electron chi connectivity index (χ4n) is 3.36. The summed E-state index contributed by atoms with van der Waals surface area (Å²) in [5, 5.41) is 3.47. The zero-order chi connectivity index (χ0) is 13.8. The number of nitrogens with one attached hydrogen (secondary N) is 1. The van der Waals surface area contributed by atoms with Crippen molar-refractivity contribution in [3.05, 3.63) is 35.4 Å². The molecule has 1 aromatic rings. The minimum absolute atomic E-state index is 0.443. The van der Waals surface area contributed by atoms with E-state index in [1.54, 1.807) is 0 Å². The van der Waals surface area contributed by atoms with Crippen LogP contribution >= 0.6 is 0 Å². The highest BCUT2D eigenvalue weighted by Crippen LogP contribution is 2.23. The highest BCUT2D eigenvalue weighted by Gasteiger charge is 2.23. The maximum absolute atomic E-state index is 3.47. The normalized spacial score (nSPS) is 26.3. The zero-order valence-corrected chi connectivity index (χ0v) is 12.8. The van der Waals surface area contributed by atoms with Crippen molar-refractivity contribution >= 4 is 0 Å². The summed E-state index contributed by atoms with van der Waals surface area (Å²) in [6, 6.07) is 9.38. The molecule has 0 spiro atoms. The highest BCUT2D eigenvalue weighted by molar-refractivity contribution is 5.24. The van der Waals surface area contributed by atoms with Crippen LogP contribution in [0.2, 0.25) is 0 Å². The van der Waals surface area contributed by atoms with Gasteiger partial charge in [0.15, 0.2) is 0 Å². The lowest BCUT2D eigenvalue weighted by molar-refractivity contribution is 0.129. The van der Waals surface area contributed by atoms with Crippen molar-refractivity contribution in [2.75, 3.05) is 26.7 Å². The summed E-state index contributed by atoms with van der Waals surface area (Å²) < 4.78 is 0. The van der Waals surface area contributed by atoms with Gasteiger partial charge in [-0.3, -0.25) is 0 Å². The molecule has 0 amide bonds. The summed E-state index contributed by atoms with van der Waals surface area (Å²) in [6.45, 7) is 10.5. The first kappa shape index (κ1) is 14.5. The first-order valence-corrected chi connectivity index (χ1v) is 7.54. The summed E-state index contributed by atoms with van der Waals surface area (Å²) in [6.07, 6.45) is 1.38. The molecule has 1 aliphatic heterocycles. The third-order valence-corrected chi connectivity index (χ3v) is 4.21. The lowest BCUT2D eigenvalue weighted by atomic mass is 9.91. The Labute approximate surface area is 118 Å². The Balaban J connectivity index is 2.00. The molecule has 0 aromatic heterocycles. The lowest BCUT2D eigenvalue weighted by Gasteiger charge is -2.37. The molecule has 2 heteroatoms. The van der Waals surface area contributed by atoms with Gasteiger partial charge < -0.3 is 10.2 Å². The van der Waals surface area contributed by atoms with Crippen LogP contribution in [0.5, 0.6) is 0 Å². The Morgan fingerprint density at radius 1 is 1.16 bits per heavy atom. The molecule has 2 rings (SSSR count). The van der Waals surface area contributed by atoms with Crippen LogP contribution < -0.4 is 5.32 Å². The smallest absolute Gasteiger partial charge is 0.0446 e. The summed E-state index contributed by atoms with van der Waals surface area (Å²) in [4.78, 5) is 2.62. The van der Waals surface area contributed by atoms with E-state index < -0.39 is 0 Å². The molecule has 0 aliphatic carbocycles. The number of piperidine rings is 1. The molecule has 0 saturated carbocycles. The van der Waals surface area contributed by atoms with E-state index in [1.165, 1.54) is 30.6 Å². The Morgan fingerprint density at radius 3 is 2.26 bits per heavy atom. The Hall–Kier alpha value is -0.860. The van der Waals surface area contributed by atoms with Gasteiger partial charge in [0.1, 0.15) is 0 Å². The van der Waals surface area contributed by atoms with Crippen LogP contribution in [0, 0.1) is 18.8 Å². The van der Waals surface area contributed by atoms with E-state index in [-0.39, 0.29) is 0 Å². The number of hydrogen-bond donors (Lipinski definition) is 1. The molecule has 0 radical (unpaired) electrons. The summed E-state index contributed by atoms with van der Waals surface area (Å²) in [5.41, 5.74) is 2.73. The van der Waals surface area contributed by atoms with Crippen molar-refractivity contribution in [3.63, 3.8) is 0 Å². The van der Waals surface area contributed by atoms with Crippen LogP contribution in [0.4, 0.5) is 0 Å². The average molecular weight is 260 g/mol. The topological polar surface area (TPSA) is 15.3 Å². The van der Waals surface area contributed by atoms with Crippen LogP contribution in [0.15, 0.2) is 24.3 Å².